The molecule has 1 N–H and O–H groups in total. The Morgan fingerprint density at radius 3 is 2.75 bits per heavy atom. The predicted octanol–water partition coefficient (Wildman–Crippen LogP) is 5.36. The molecule has 5 rings (SSSR count). The number of imidazole rings is 1. The van der Waals surface area contributed by atoms with Crippen LogP contribution in [0.25, 0.3) is 22.1 Å². The lowest BCUT2D eigenvalue weighted by molar-refractivity contribution is 0.479. The topological polar surface area (TPSA) is 90.6 Å². The van der Waals surface area contributed by atoms with Gasteiger partial charge in [0, 0.05) is 18.3 Å². The van der Waals surface area contributed by atoms with Crippen LogP contribution in [0, 0.1) is 6.92 Å². The van der Waals surface area contributed by atoms with Crippen molar-refractivity contribution < 1.29 is 4.74 Å². The number of nitrogens with zero attached hydrogens (tertiary/aromatic N) is 6. The lowest BCUT2D eigenvalue weighted by Crippen LogP contribution is -1.99. The Balaban J connectivity index is 1.40. The number of fused-ring (bicyclic) bond motifs is 2. The van der Waals surface area contributed by atoms with Crippen LogP contribution in [0.2, 0.25) is 0 Å². The number of ether oxygens (including phenoxy) is 1. The normalized spacial score (nSPS) is 11.2. The SMILES string of the molecule is CCn1cnc2cc(Oc3ccc(Nc4ncnc5cnc(SC)nc45)cc3C)ccc21. The van der Waals surface area contributed by atoms with E-state index < -0.39 is 0 Å². The molecule has 3 aromatic heterocycles. The van der Waals surface area contributed by atoms with E-state index in [-0.39, 0.29) is 0 Å². The highest BCUT2D eigenvalue weighted by atomic mass is 32.2. The second-order valence-corrected chi connectivity index (χ2v) is 7.97. The van der Waals surface area contributed by atoms with Crippen LogP contribution in [0.5, 0.6) is 11.5 Å². The highest BCUT2D eigenvalue weighted by Crippen LogP contribution is 2.31. The van der Waals surface area contributed by atoms with E-state index in [2.05, 4.69) is 41.7 Å². The summed E-state index contributed by atoms with van der Waals surface area (Å²) in [4.78, 5) is 21.9. The number of nitrogens with one attached hydrogen (secondary N) is 1. The predicted molar refractivity (Wildman–Crippen MR) is 127 cm³/mol. The number of hydrogen-bond acceptors (Lipinski definition) is 8. The van der Waals surface area contributed by atoms with Crippen LogP contribution in [0.3, 0.4) is 0 Å². The molecule has 3 heterocycles. The second-order valence-electron chi connectivity index (χ2n) is 7.20. The minimum absolute atomic E-state index is 0.637. The Kier molecular flexibility index (Phi) is 5.32. The van der Waals surface area contributed by atoms with Crippen molar-refractivity contribution in [3.05, 3.63) is 60.8 Å². The van der Waals surface area contributed by atoms with Crippen LogP contribution < -0.4 is 10.1 Å². The fraction of sp³-hybridized carbons (Fsp3) is 0.174. The molecule has 0 saturated heterocycles. The van der Waals surface area contributed by atoms with E-state index in [1.165, 1.54) is 18.1 Å². The van der Waals surface area contributed by atoms with Gasteiger partial charge in [0.05, 0.1) is 23.6 Å². The van der Waals surface area contributed by atoms with Crippen LogP contribution in [0.4, 0.5) is 11.5 Å². The zero-order chi connectivity index (χ0) is 22.1. The van der Waals surface area contributed by atoms with Crippen LogP contribution in [0.1, 0.15) is 12.5 Å². The zero-order valence-corrected chi connectivity index (χ0v) is 18.7. The van der Waals surface area contributed by atoms with E-state index in [9.17, 15) is 0 Å². The molecule has 5 aromatic rings. The molecule has 0 saturated carbocycles. The van der Waals surface area contributed by atoms with Gasteiger partial charge in [-0.25, -0.2) is 24.9 Å². The third kappa shape index (κ3) is 3.82. The quantitative estimate of drug-likeness (QED) is 0.277. The van der Waals surface area contributed by atoms with Crippen molar-refractivity contribution in [2.24, 2.45) is 0 Å². The van der Waals surface area contributed by atoms with Gasteiger partial charge in [0.1, 0.15) is 28.9 Å². The lowest BCUT2D eigenvalue weighted by Gasteiger charge is -2.12. The maximum Gasteiger partial charge on any atom is 0.188 e. The van der Waals surface area contributed by atoms with Crippen molar-refractivity contribution in [3.63, 3.8) is 0 Å². The average Bonchev–Trinajstić information content (AvgIpc) is 3.23. The summed E-state index contributed by atoms with van der Waals surface area (Å²) in [5, 5.41) is 4.02. The van der Waals surface area contributed by atoms with Crippen molar-refractivity contribution in [1.82, 2.24) is 29.5 Å². The molecular weight excluding hydrogens is 422 g/mol. The Hall–Kier alpha value is -3.72. The van der Waals surface area contributed by atoms with Crippen molar-refractivity contribution in [2.45, 2.75) is 25.5 Å². The van der Waals surface area contributed by atoms with Crippen LogP contribution in [0.15, 0.2) is 60.4 Å². The summed E-state index contributed by atoms with van der Waals surface area (Å²) in [6, 6.07) is 11.9. The van der Waals surface area contributed by atoms with Gasteiger partial charge in [0.25, 0.3) is 0 Å². The Bertz CT molecular complexity index is 1430. The van der Waals surface area contributed by atoms with Gasteiger partial charge in [0.15, 0.2) is 11.0 Å². The number of benzene rings is 2. The number of anilines is 2. The molecule has 0 aliphatic heterocycles. The van der Waals surface area contributed by atoms with Gasteiger partial charge in [-0.05, 0) is 56.0 Å². The number of aromatic nitrogens is 6. The summed E-state index contributed by atoms with van der Waals surface area (Å²) in [5.74, 6) is 2.17. The number of aryl methyl sites for hydroxylation is 2. The average molecular weight is 444 g/mol. The molecule has 0 bridgehead atoms. The van der Waals surface area contributed by atoms with Crippen LogP contribution in [-0.4, -0.2) is 35.7 Å². The van der Waals surface area contributed by atoms with Gasteiger partial charge in [0.2, 0.25) is 0 Å². The summed E-state index contributed by atoms with van der Waals surface area (Å²) in [6.07, 6.45) is 7.01. The molecule has 2 aromatic carbocycles. The van der Waals surface area contributed by atoms with Crippen LogP contribution in [-0.2, 0) is 6.54 Å². The highest BCUT2D eigenvalue weighted by Gasteiger charge is 2.10. The van der Waals surface area contributed by atoms with Gasteiger partial charge < -0.3 is 14.6 Å². The number of hydrogen-bond donors (Lipinski definition) is 1. The smallest absolute Gasteiger partial charge is 0.188 e. The summed E-state index contributed by atoms with van der Waals surface area (Å²) >= 11 is 1.48. The molecule has 0 fully saturated rings. The zero-order valence-electron chi connectivity index (χ0n) is 17.9. The summed E-state index contributed by atoms with van der Waals surface area (Å²) < 4.78 is 8.25. The van der Waals surface area contributed by atoms with Gasteiger partial charge in [-0.2, -0.15) is 0 Å². The minimum Gasteiger partial charge on any atom is -0.457 e. The molecule has 0 atom stereocenters. The maximum atomic E-state index is 6.14. The molecule has 0 unspecified atom stereocenters. The lowest BCUT2D eigenvalue weighted by atomic mass is 10.2. The van der Waals surface area contributed by atoms with Gasteiger partial charge in [-0.1, -0.05) is 11.8 Å². The fourth-order valence-corrected chi connectivity index (χ4v) is 3.83. The number of thioether (sulfide) groups is 1. The van der Waals surface area contributed by atoms with Crippen molar-refractivity contribution in [2.75, 3.05) is 11.6 Å². The monoisotopic (exact) mass is 443 g/mol. The first kappa shape index (κ1) is 20.2. The molecule has 0 amide bonds. The first-order valence-corrected chi connectivity index (χ1v) is 11.4. The molecule has 8 nitrogen and oxygen atoms in total. The largest absolute Gasteiger partial charge is 0.457 e. The molecule has 0 radical (unpaired) electrons. The molecular formula is C23H21N7OS. The molecule has 32 heavy (non-hydrogen) atoms. The van der Waals surface area contributed by atoms with Crippen LogP contribution >= 0.6 is 11.8 Å². The summed E-state index contributed by atoms with van der Waals surface area (Å²) in [7, 11) is 0. The molecule has 0 spiro atoms. The summed E-state index contributed by atoms with van der Waals surface area (Å²) in [5.41, 5.74) is 5.27. The van der Waals surface area contributed by atoms with Crippen molar-refractivity contribution >= 4 is 45.3 Å². The van der Waals surface area contributed by atoms with E-state index in [4.69, 9.17) is 4.74 Å². The standard InChI is InChI=1S/C23H21N7OS/c1-4-30-13-27-17-10-16(6-7-19(17)30)31-20-8-5-15(9-14(20)2)28-22-21-18(25-12-26-22)11-24-23(29-21)32-3/h5-13H,4H2,1-3H3,(H,25,26,28). The van der Waals surface area contributed by atoms with Gasteiger partial charge in [-0.15, -0.1) is 0 Å². The second kappa shape index (κ2) is 8.43. The van der Waals surface area contributed by atoms with Crippen molar-refractivity contribution in [3.8, 4) is 11.5 Å². The highest BCUT2D eigenvalue weighted by molar-refractivity contribution is 7.98. The third-order valence-electron chi connectivity index (χ3n) is 5.14. The fourth-order valence-electron chi connectivity index (χ4n) is 3.49. The van der Waals surface area contributed by atoms with Crippen molar-refractivity contribution in [1.29, 1.82) is 0 Å². The Morgan fingerprint density at radius 1 is 1.03 bits per heavy atom. The first-order chi connectivity index (χ1) is 15.6. The molecule has 9 heteroatoms. The van der Waals surface area contributed by atoms with Gasteiger partial charge >= 0.3 is 0 Å². The molecule has 0 aliphatic rings. The molecule has 0 aliphatic carbocycles. The van der Waals surface area contributed by atoms with Gasteiger partial charge in [-0.3, -0.25) is 0 Å². The molecule has 160 valence electrons. The Labute approximate surface area is 189 Å². The van der Waals surface area contributed by atoms with E-state index in [0.717, 1.165) is 40.3 Å². The van der Waals surface area contributed by atoms with E-state index in [1.807, 2.05) is 55.9 Å². The van der Waals surface area contributed by atoms with E-state index in [0.29, 0.717) is 22.0 Å². The third-order valence-corrected chi connectivity index (χ3v) is 5.70. The van der Waals surface area contributed by atoms with E-state index >= 15 is 0 Å². The van der Waals surface area contributed by atoms with E-state index in [1.54, 1.807) is 6.20 Å². The Morgan fingerprint density at radius 2 is 1.94 bits per heavy atom. The number of rotatable bonds is 6. The maximum absolute atomic E-state index is 6.14. The first-order valence-electron chi connectivity index (χ1n) is 10.2. The summed E-state index contributed by atoms with van der Waals surface area (Å²) in [6.45, 7) is 5.00. The minimum atomic E-state index is 0.637.